The molecule has 1 aliphatic heterocycles. The molecule has 1 amide bonds. The van der Waals surface area contributed by atoms with Crippen LogP contribution in [0.3, 0.4) is 0 Å². The van der Waals surface area contributed by atoms with Gasteiger partial charge in [0.15, 0.2) is 0 Å². The van der Waals surface area contributed by atoms with E-state index in [4.69, 9.17) is 4.74 Å². The van der Waals surface area contributed by atoms with Gasteiger partial charge in [0.1, 0.15) is 5.75 Å². The van der Waals surface area contributed by atoms with Gasteiger partial charge in [0.25, 0.3) is 5.91 Å². The van der Waals surface area contributed by atoms with Crippen LogP contribution in [0.25, 0.3) is 11.0 Å². The van der Waals surface area contributed by atoms with E-state index in [0.29, 0.717) is 29.7 Å². The monoisotopic (exact) mass is 393 g/mol. The third-order valence-electron chi connectivity index (χ3n) is 5.53. The van der Waals surface area contributed by atoms with Crippen LogP contribution in [0.5, 0.6) is 5.75 Å². The molecule has 2 aromatic carbocycles. The minimum absolute atomic E-state index is 0.0167. The third kappa shape index (κ3) is 3.33. The van der Waals surface area contributed by atoms with Crippen LogP contribution in [0, 0.1) is 0 Å². The summed E-state index contributed by atoms with van der Waals surface area (Å²) in [6, 6.07) is 12.9. The predicted octanol–water partition coefficient (Wildman–Crippen LogP) is 2.70. The molecule has 0 saturated carbocycles. The molecule has 0 spiro atoms. The number of H-pyrrole nitrogens is 1. The molecule has 4 rings (SSSR count). The molecule has 7 heteroatoms. The van der Waals surface area contributed by atoms with E-state index in [9.17, 15) is 14.4 Å². The van der Waals surface area contributed by atoms with Crippen molar-refractivity contribution in [3.05, 3.63) is 74.3 Å². The van der Waals surface area contributed by atoms with E-state index < -0.39 is 11.1 Å². The second kappa shape index (κ2) is 7.58. The van der Waals surface area contributed by atoms with Crippen molar-refractivity contribution in [3.8, 4) is 5.75 Å². The molecule has 1 fully saturated rings. The average molecular weight is 393 g/mol. The van der Waals surface area contributed by atoms with Gasteiger partial charge in [-0.3, -0.25) is 14.4 Å². The first-order valence-electron chi connectivity index (χ1n) is 9.75. The molecular weight excluding hydrogens is 370 g/mol. The lowest BCUT2D eigenvalue weighted by molar-refractivity contribution is 0.0735. The first-order chi connectivity index (χ1) is 14.0. The van der Waals surface area contributed by atoms with Gasteiger partial charge in [-0.15, -0.1) is 0 Å². The summed E-state index contributed by atoms with van der Waals surface area (Å²) in [5.41, 5.74) is 1.36. The maximum absolute atomic E-state index is 13.3. The molecule has 150 valence electrons. The second-order valence-electron chi connectivity index (χ2n) is 7.17. The number of likely N-dealkylation sites (tertiary alicyclic amines) is 1. The fourth-order valence-corrected chi connectivity index (χ4v) is 4.10. The Hall–Kier alpha value is -3.35. The number of ether oxygens (including phenoxy) is 1. The Labute approximate surface area is 167 Å². The molecule has 7 nitrogen and oxygen atoms in total. The number of carbonyl (C=O) groups excluding carboxylic acids is 1. The van der Waals surface area contributed by atoms with Crippen LogP contribution in [0.4, 0.5) is 0 Å². The molecule has 2 heterocycles. The number of rotatable bonds is 4. The van der Waals surface area contributed by atoms with Crippen LogP contribution in [-0.4, -0.2) is 34.0 Å². The predicted molar refractivity (Wildman–Crippen MR) is 111 cm³/mol. The van der Waals surface area contributed by atoms with E-state index in [2.05, 4.69) is 4.98 Å². The first kappa shape index (κ1) is 19.0. The summed E-state index contributed by atoms with van der Waals surface area (Å²) < 4.78 is 6.73. The lowest BCUT2D eigenvalue weighted by atomic mass is 10.0. The Balaban J connectivity index is 1.71. The number of aromatic nitrogens is 2. The van der Waals surface area contributed by atoms with Gasteiger partial charge in [-0.25, -0.2) is 0 Å². The van der Waals surface area contributed by atoms with Crippen LogP contribution < -0.4 is 15.9 Å². The number of nitrogens with one attached hydrogen (secondary N) is 1. The van der Waals surface area contributed by atoms with Crippen molar-refractivity contribution in [2.24, 2.45) is 0 Å². The molecule has 29 heavy (non-hydrogen) atoms. The lowest BCUT2D eigenvalue weighted by Gasteiger charge is -2.25. The van der Waals surface area contributed by atoms with Gasteiger partial charge in [0.2, 0.25) is 0 Å². The molecule has 1 saturated heterocycles. The quantitative estimate of drug-likeness (QED) is 0.691. The summed E-state index contributed by atoms with van der Waals surface area (Å²) in [6.45, 7) is 2.86. The van der Waals surface area contributed by atoms with Gasteiger partial charge < -0.3 is 19.2 Å². The van der Waals surface area contributed by atoms with Crippen molar-refractivity contribution in [2.45, 2.75) is 32.4 Å². The molecule has 0 radical (unpaired) electrons. The summed E-state index contributed by atoms with van der Waals surface area (Å²) in [4.78, 5) is 41.7. The summed E-state index contributed by atoms with van der Waals surface area (Å²) in [5, 5.41) is 0. The van der Waals surface area contributed by atoms with Gasteiger partial charge in [0, 0.05) is 18.7 Å². The molecular formula is C22H23N3O4. The summed E-state index contributed by atoms with van der Waals surface area (Å²) in [6.07, 6.45) is 1.81. The number of methoxy groups -OCH3 is 1. The number of nitrogens with zero attached hydrogens (tertiary/aromatic N) is 2. The van der Waals surface area contributed by atoms with Crippen molar-refractivity contribution in [2.75, 3.05) is 13.7 Å². The number of fused-ring (bicyclic) bond motifs is 1. The highest BCUT2D eigenvalue weighted by atomic mass is 16.5. The zero-order valence-corrected chi connectivity index (χ0v) is 16.5. The Morgan fingerprint density at radius 2 is 2.03 bits per heavy atom. The largest absolute Gasteiger partial charge is 0.497 e. The second-order valence-corrected chi connectivity index (χ2v) is 7.17. The molecule has 1 atom stereocenters. The molecule has 1 aromatic heterocycles. The summed E-state index contributed by atoms with van der Waals surface area (Å²) in [7, 11) is 1.63. The topological polar surface area (TPSA) is 84.4 Å². The SMILES string of the molecule is CCn1c(=O)c(=O)[nH]c2cc(C(=O)N3CCCC3c3cccc(OC)c3)ccc21. The van der Waals surface area contributed by atoms with Gasteiger partial charge >= 0.3 is 11.1 Å². The Morgan fingerprint density at radius 3 is 2.79 bits per heavy atom. The Bertz CT molecular complexity index is 1190. The van der Waals surface area contributed by atoms with Crippen LogP contribution in [0.1, 0.15) is 41.7 Å². The Morgan fingerprint density at radius 1 is 1.21 bits per heavy atom. The van der Waals surface area contributed by atoms with Crippen LogP contribution in [-0.2, 0) is 6.54 Å². The number of hydrogen-bond acceptors (Lipinski definition) is 4. The van der Waals surface area contributed by atoms with E-state index in [-0.39, 0.29) is 11.9 Å². The molecule has 1 aliphatic rings. The maximum atomic E-state index is 13.3. The highest BCUT2D eigenvalue weighted by Crippen LogP contribution is 2.34. The fraction of sp³-hybridized carbons (Fsp3) is 0.318. The zero-order chi connectivity index (χ0) is 20.5. The lowest BCUT2D eigenvalue weighted by Crippen LogP contribution is -2.36. The van der Waals surface area contributed by atoms with Crippen LogP contribution in [0.2, 0.25) is 0 Å². The van der Waals surface area contributed by atoms with E-state index in [1.165, 1.54) is 4.57 Å². The number of carbonyl (C=O) groups is 1. The Kier molecular flexibility index (Phi) is 4.96. The molecule has 0 aliphatic carbocycles. The summed E-state index contributed by atoms with van der Waals surface area (Å²) >= 11 is 0. The molecule has 1 unspecified atom stereocenters. The number of amides is 1. The smallest absolute Gasteiger partial charge is 0.316 e. The third-order valence-corrected chi connectivity index (χ3v) is 5.53. The minimum Gasteiger partial charge on any atom is -0.497 e. The van der Waals surface area contributed by atoms with Crippen molar-refractivity contribution in [3.63, 3.8) is 0 Å². The molecule has 0 bridgehead atoms. The highest BCUT2D eigenvalue weighted by Gasteiger charge is 2.31. The van der Waals surface area contributed by atoms with Crippen molar-refractivity contribution < 1.29 is 9.53 Å². The van der Waals surface area contributed by atoms with E-state index in [1.54, 1.807) is 25.3 Å². The van der Waals surface area contributed by atoms with Crippen LogP contribution >= 0.6 is 0 Å². The average Bonchev–Trinajstić information content (AvgIpc) is 3.24. The van der Waals surface area contributed by atoms with Crippen molar-refractivity contribution in [1.29, 1.82) is 0 Å². The van der Waals surface area contributed by atoms with Crippen molar-refractivity contribution in [1.82, 2.24) is 14.5 Å². The molecule has 3 aromatic rings. The van der Waals surface area contributed by atoms with E-state index >= 15 is 0 Å². The summed E-state index contributed by atoms with van der Waals surface area (Å²) in [5.74, 6) is 0.676. The maximum Gasteiger partial charge on any atom is 0.316 e. The minimum atomic E-state index is -0.681. The van der Waals surface area contributed by atoms with Gasteiger partial charge in [0.05, 0.1) is 24.2 Å². The zero-order valence-electron chi connectivity index (χ0n) is 16.5. The van der Waals surface area contributed by atoms with Crippen molar-refractivity contribution >= 4 is 16.9 Å². The number of aromatic amines is 1. The molecule has 1 N–H and O–H groups in total. The van der Waals surface area contributed by atoms with Crippen LogP contribution in [0.15, 0.2) is 52.1 Å². The normalized spacial score (nSPS) is 16.3. The van der Waals surface area contributed by atoms with Gasteiger partial charge in [-0.05, 0) is 55.7 Å². The first-order valence-corrected chi connectivity index (χ1v) is 9.75. The number of hydrogen-bond donors (Lipinski definition) is 1. The number of aryl methyl sites for hydroxylation is 1. The van der Waals surface area contributed by atoms with E-state index in [0.717, 1.165) is 24.2 Å². The highest BCUT2D eigenvalue weighted by molar-refractivity contribution is 5.97. The van der Waals surface area contributed by atoms with Gasteiger partial charge in [-0.1, -0.05) is 12.1 Å². The standard InChI is InChI=1S/C22H23N3O4/c1-3-24-19-10-9-15(13-17(19)23-20(26)22(24)28)21(27)25-11-5-8-18(25)14-6-4-7-16(12-14)29-2/h4,6-7,9-10,12-13,18H,3,5,8,11H2,1-2H3,(H,23,26). The fourth-order valence-electron chi connectivity index (χ4n) is 4.10. The number of benzene rings is 2. The van der Waals surface area contributed by atoms with Gasteiger partial charge in [-0.2, -0.15) is 0 Å². The van der Waals surface area contributed by atoms with E-state index in [1.807, 2.05) is 36.1 Å².